The Morgan fingerprint density at radius 1 is 1.15 bits per heavy atom. The van der Waals surface area contributed by atoms with Gasteiger partial charge in [0.25, 0.3) is 0 Å². The fourth-order valence-corrected chi connectivity index (χ4v) is 0.973. The summed E-state index contributed by atoms with van der Waals surface area (Å²) >= 11 is 0. The van der Waals surface area contributed by atoms with Crippen LogP contribution < -0.4 is 4.74 Å². The summed E-state index contributed by atoms with van der Waals surface area (Å²) < 4.78 is 31.2. The maximum absolute atomic E-state index is 13.1. The average molecular weight is 186 g/mol. The smallest absolute Gasteiger partial charge is 0.200 e. The van der Waals surface area contributed by atoms with Gasteiger partial charge >= 0.3 is 0 Å². The first-order chi connectivity index (χ1) is 6.02. The van der Waals surface area contributed by atoms with E-state index in [-0.39, 0.29) is 17.4 Å². The lowest BCUT2D eigenvalue weighted by molar-refractivity contribution is 0.227. The van der Waals surface area contributed by atoms with Crippen LogP contribution in [0.1, 0.15) is 19.4 Å². The van der Waals surface area contributed by atoms with E-state index >= 15 is 0 Å². The molecular formula is C10H12F2O. The van der Waals surface area contributed by atoms with Gasteiger partial charge in [0.15, 0.2) is 11.6 Å². The molecule has 0 saturated carbocycles. The van der Waals surface area contributed by atoms with Crippen molar-refractivity contribution >= 4 is 0 Å². The predicted molar refractivity (Wildman–Crippen MR) is 46.9 cm³/mol. The quantitative estimate of drug-likeness (QED) is 0.689. The lowest BCUT2D eigenvalue weighted by Gasteiger charge is -2.11. The second-order valence-electron chi connectivity index (χ2n) is 3.18. The fourth-order valence-electron chi connectivity index (χ4n) is 0.973. The van der Waals surface area contributed by atoms with E-state index in [9.17, 15) is 8.78 Å². The first-order valence-corrected chi connectivity index (χ1v) is 4.13. The van der Waals surface area contributed by atoms with Gasteiger partial charge in [-0.05, 0) is 32.4 Å². The van der Waals surface area contributed by atoms with Crippen LogP contribution in [0.5, 0.6) is 5.75 Å². The van der Waals surface area contributed by atoms with Crippen LogP contribution in [0.2, 0.25) is 0 Å². The minimum atomic E-state index is -0.909. The summed E-state index contributed by atoms with van der Waals surface area (Å²) in [5, 5.41) is 0. The molecule has 1 nitrogen and oxygen atoms in total. The molecule has 0 fully saturated rings. The van der Waals surface area contributed by atoms with E-state index in [1.54, 1.807) is 13.8 Å². The molecule has 0 aliphatic heterocycles. The summed E-state index contributed by atoms with van der Waals surface area (Å²) in [6.07, 6.45) is -0.156. The number of hydrogen-bond donors (Lipinski definition) is 0. The highest BCUT2D eigenvalue weighted by Crippen LogP contribution is 2.22. The van der Waals surface area contributed by atoms with E-state index in [0.29, 0.717) is 0 Å². The molecule has 0 unspecified atom stereocenters. The van der Waals surface area contributed by atoms with Crippen LogP contribution in [-0.2, 0) is 0 Å². The SMILES string of the molecule is Cc1ccc(OC(C)C)c(F)c1F. The van der Waals surface area contributed by atoms with Gasteiger partial charge in [0.1, 0.15) is 0 Å². The van der Waals surface area contributed by atoms with Gasteiger partial charge in [-0.25, -0.2) is 4.39 Å². The lowest BCUT2D eigenvalue weighted by Crippen LogP contribution is -2.08. The number of halogens is 2. The normalized spacial score (nSPS) is 10.6. The number of ether oxygens (including phenoxy) is 1. The minimum absolute atomic E-state index is 0.0295. The van der Waals surface area contributed by atoms with Gasteiger partial charge in [-0.15, -0.1) is 0 Å². The first kappa shape index (κ1) is 9.96. The molecule has 1 rings (SSSR count). The molecule has 0 heterocycles. The van der Waals surface area contributed by atoms with E-state index in [1.165, 1.54) is 19.1 Å². The molecule has 0 N–H and O–H groups in total. The molecule has 1 aromatic rings. The van der Waals surface area contributed by atoms with E-state index < -0.39 is 11.6 Å². The van der Waals surface area contributed by atoms with Crippen molar-refractivity contribution in [1.29, 1.82) is 0 Å². The highest BCUT2D eigenvalue weighted by atomic mass is 19.2. The van der Waals surface area contributed by atoms with Crippen molar-refractivity contribution in [3.05, 3.63) is 29.3 Å². The van der Waals surface area contributed by atoms with E-state index in [2.05, 4.69) is 0 Å². The molecule has 13 heavy (non-hydrogen) atoms. The highest BCUT2D eigenvalue weighted by molar-refractivity contribution is 5.30. The van der Waals surface area contributed by atoms with Gasteiger partial charge in [-0.2, -0.15) is 4.39 Å². The largest absolute Gasteiger partial charge is 0.488 e. The molecule has 0 spiro atoms. The van der Waals surface area contributed by atoms with Crippen LogP contribution >= 0.6 is 0 Å². The average Bonchev–Trinajstić information content (AvgIpc) is 2.06. The van der Waals surface area contributed by atoms with Crippen molar-refractivity contribution in [1.82, 2.24) is 0 Å². The Balaban J connectivity index is 3.04. The molecular weight excluding hydrogens is 174 g/mol. The molecule has 0 aromatic heterocycles. The summed E-state index contributed by atoms with van der Waals surface area (Å²) in [7, 11) is 0. The number of aryl methyl sites for hydroxylation is 1. The maximum atomic E-state index is 13.1. The number of hydrogen-bond acceptors (Lipinski definition) is 1. The third-order valence-electron chi connectivity index (χ3n) is 1.60. The molecule has 3 heteroatoms. The Morgan fingerprint density at radius 3 is 2.31 bits per heavy atom. The summed E-state index contributed by atoms with van der Waals surface area (Å²) in [5.74, 6) is -1.77. The minimum Gasteiger partial charge on any atom is -0.488 e. The van der Waals surface area contributed by atoms with Crippen molar-refractivity contribution in [3.8, 4) is 5.75 Å². The van der Waals surface area contributed by atoms with Crippen molar-refractivity contribution < 1.29 is 13.5 Å². The standard InChI is InChI=1S/C10H12F2O/c1-6(2)13-8-5-4-7(3)9(11)10(8)12/h4-6H,1-3H3. The molecule has 0 atom stereocenters. The first-order valence-electron chi connectivity index (χ1n) is 4.13. The summed E-state index contributed by atoms with van der Waals surface area (Å²) in [4.78, 5) is 0. The Labute approximate surface area is 76.3 Å². The summed E-state index contributed by atoms with van der Waals surface area (Å²) in [6, 6.07) is 2.93. The molecule has 0 aliphatic carbocycles. The Morgan fingerprint density at radius 2 is 1.77 bits per heavy atom. The number of benzene rings is 1. The van der Waals surface area contributed by atoms with Crippen molar-refractivity contribution in [2.45, 2.75) is 26.9 Å². The Bertz CT molecular complexity index is 308. The van der Waals surface area contributed by atoms with Gasteiger partial charge in [0, 0.05) is 0 Å². The van der Waals surface area contributed by atoms with Crippen molar-refractivity contribution in [2.24, 2.45) is 0 Å². The third kappa shape index (κ3) is 2.17. The number of rotatable bonds is 2. The fraction of sp³-hybridized carbons (Fsp3) is 0.400. The van der Waals surface area contributed by atoms with Crippen LogP contribution in [-0.4, -0.2) is 6.10 Å². The molecule has 0 radical (unpaired) electrons. The zero-order valence-corrected chi connectivity index (χ0v) is 7.90. The predicted octanol–water partition coefficient (Wildman–Crippen LogP) is 3.06. The van der Waals surface area contributed by atoms with Crippen LogP contribution in [0.3, 0.4) is 0 Å². The van der Waals surface area contributed by atoms with Gasteiger partial charge in [0.05, 0.1) is 6.10 Å². The topological polar surface area (TPSA) is 9.23 Å². The zero-order chi connectivity index (χ0) is 10.0. The molecule has 0 saturated heterocycles. The van der Waals surface area contributed by atoms with Crippen molar-refractivity contribution in [2.75, 3.05) is 0 Å². The van der Waals surface area contributed by atoms with Crippen LogP contribution in [0.25, 0.3) is 0 Å². The van der Waals surface area contributed by atoms with Crippen molar-refractivity contribution in [3.63, 3.8) is 0 Å². The van der Waals surface area contributed by atoms with E-state index in [0.717, 1.165) is 0 Å². The van der Waals surface area contributed by atoms with Gasteiger partial charge in [0.2, 0.25) is 5.82 Å². The molecule has 0 aliphatic rings. The van der Waals surface area contributed by atoms with E-state index in [1.807, 2.05) is 0 Å². The second kappa shape index (κ2) is 3.73. The van der Waals surface area contributed by atoms with Crippen LogP contribution in [0.4, 0.5) is 8.78 Å². The van der Waals surface area contributed by atoms with Gasteiger partial charge < -0.3 is 4.74 Å². The summed E-state index contributed by atoms with van der Waals surface area (Å²) in [5.41, 5.74) is 0.286. The van der Waals surface area contributed by atoms with Crippen LogP contribution in [0, 0.1) is 18.6 Å². The van der Waals surface area contributed by atoms with Gasteiger partial charge in [-0.3, -0.25) is 0 Å². The highest BCUT2D eigenvalue weighted by Gasteiger charge is 2.12. The van der Waals surface area contributed by atoms with Gasteiger partial charge in [-0.1, -0.05) is 6.07 Å². The molecule has 72 valence electrons. The molecule has 1 aromatic carbocycles. The zero-order valence-electron chi connectivity index (χ0n) is 7.90. The monoisotopic (exact) mass is 186 g/mol. The van der Waals surface area contributed by atoms with Crippen LogP contribution in [0.15, 0.2) is 12.1 Å². The summed E-state index contributed by atoms with van der Waals surface area (Å²) in [6.45, 7) is 5.03. The molecule has 0 bridgehead atoms. The van der Waals surface area contributed by atoms with E-state index in [4.69, 9.17) is 4.74 Å². The Kier molecular flexibility index (Phi) is 2.86. The second-order valence-corrected chi connectivity index (χ2v) is 3.18. The third-order valence-corrected chi connectivity index (χ3v) is 1.60. The lowest BCUT2D eigenvalue weighted by atomic mass is 10.2. The molecule has 0 amide bonds. The maximum Gasteiger partial charge on any atom is 0.200 e. The Hall–Kier alpha value is -1.12.